The molecule has 1 fully saturated rings. The fourth-order valence-electron chi connectivity index (χ4n) is 3.15. The molecule has 0 aromatic carbocycles. The van der Waals surface area contributed by atoms with Gasteiger partial charge in [-0.25, -0.2) is 0 Å². The summed E-state index contributed by atoms with van der Waals surface area (Å²) in [5, 5.41) is 3.79. The van der Waals surface area contributed by atoms with Gasteiger partial charge in [-0.05, 0) is 45.8 Å². The Morgan fingerprint density at radius 3 is 2.53 bits per heavy atom. The minimum absolute atomic E-state index is 0.679. The summed E-state index contributed by atoms with van der Waals surface area (Å²) < 4.78 is 0. The Morgan fingerprint density at radius 1 is 1.16 bits per heavy atom. The van der Waals surface area contributed by atoms with Crippen LogP contribution in [0.5, 0.6) is 0 Å². The van der Waals surface area contributed by atoms with Gasteiger partial charge in [0.25, 0.3) is 0 Å². The average molecular weight is 269 g/mol. The Labute approximate surface area is 120 Å². The van der Waals surface area contributed by atoms with E-state index in [-0.39, 0.29) is 0 Å². The Balaban J connectivity index is 2.53. The molecule has 1 saturated heterocycles. The first-order chi connectivity index (χ1) is 9.08. The Morgan fingerprint density at radius 2 is 1.89 bits per heavy atom. The van der Waals surface area contributed by atoms with Gasteiger partial charge in [0.1, 0.15) is 0 Å². The summed E-state index contributed by atoms with van der Waals surface area (Å²) in [6.07, 6.45) is 5.16. The van der Waals surface area contributed by atoms with Gasteiger partial charge in [-0.3, -0.25) is 0 Å². The van der Waals surface area contributed by atoms with E-state index in [1.54, 1.807) is 0 Å². The maximum atomic E-state index is 3.79. The van der Waals surface area contributed by atoms with Crippen molar-refractivity contribution in [1.29, 1.82) is 0 Å². The zero-order valence-electron chi connectivity index (χ0n) is 13.8. The van der Waals surface area contributed by atoms with Crippen LogP contribution in [-0.4, -0.2) is 62.2 Å². The van der Waals surface area contributed by atoms with Gasteiger partial charge in [-0.1, -0.05) is 27.2 Å². The van der Waals surface area contributed by atoms with Crippen LogP contribution in [0.15, 0.2) is 0 Å². The molecule has 1 heterocycles. The van der Waals surface area contributed by atoms with E-state index in [0.717, 1.165) is 12.5 Å². The molecule has 3 nitrogen and oxygen atoms in total. The summed E-state index contributed by atoms with van der Waals surface area (Å²) in [4.78, 5) is 5.03. The number of hydrogen-bond donors (Lipinski definition) is 1. The average Bonchev–Trinajstić information content (AvgIpc) is 2.38. The van der Waals surface area contributed by atoms with Crippen LogP contribution in [-0.2, 0) is 0 Å². The molecule has 0 amide bonds. The molecular weight excluding hydrogens is 234 g/mol. The lowest BCUT2D eigenvalue weighted by atomic mass is 9.90. The van der Waals surface area contributed by atoms with Crippen molar-refractivity contribution in [2.45, 2.75) is 58.5 Å². The van der Waals surface area contributed by atoms with Crippen molar-refractivity contribution in [1.82, 2.24) is 15.1 Å². The van der Waals surface area contributed by atoms with Gasteiger partial charge >= 0.3 is 0 Å². The molecule has 0 aromatic heterocycles. The fraction of sp³-hybridized carbons (Fsp3) is 1.00. The first-order valence-electron chi connectivity index (χ1n) is 8.20. The minimum atomic E-state index is 0.679. The highest BCUT2D eigenvalue weighted by molar-refractivity contribution is 4.85. The van der Waals surface area contributed by atoms with E-state index >= 15 is 0 Å². The van der Waals surface area contributed by atoms with Crippen molar-refractivity contribution in [3.05, 3.63) is 0 Å². The zero-order valence-corrected chi connectivity index (χ0v) is 13.8. The molecule has 3 atom stereocenters. The van der Waals surface area contributed by atoms with E-state index in [2.05, 4.69) is 50.0 Å². The van der Waals surface area contributed by atoms with Crippen LogP contribution < -0.4 is 5.32 Å². The van der Waals surface area contributed by atoms with Gasteiger partial charge in [0, 0.05) is 31.7 Å². The highest BCUT2D eigenvalue weighted by Gasteiger charge is 2.27. The van der Waals surface area contributed by atoms with Gasteiger partial charge in [0.05, 0.1) is 0 Å². The second-order valence-electron chi connectivity index (χ2n) is 6.46. The number of likely N-dealkylation sites (N-methyl/N-ethyl adjacent to an activating group) is 2. The molecule has 0 spiro atoms. The van der Waals surface area contributed by atoms with Crippen molar-refractivity contribution in [3.63, 3.8) is 0 Å². The van der Waals surface area contributed by atoms with Gasteiger partial charge in [0.15, 0.2) is 0 Å². The Hall–Kier alpha value is -0.120. The monoisotopic (exact) mass is 269 g/mol. The van der Waals surface area contributed by atoms with E-state index in [4.69, 9.17) is 0 Å². The zero-order chi connectivity index (χ0) is 14.3. The molecule has 19 heavy (non-hydrogen) atoms. The summed E-state index contributed by atoms with van der Waals surface area (Å²) in [6, 6.07) is 1.39. The predicted molar refractivity (Wildman–Crippen MR) is 84.7 cm³/mol. The first-order valence-corrected chi connectivity index (χ1v) is 8.20. The van der Waals surface area contributed by atoms with Crippen LogP contribution in [0.2, 0.25) is 0 Å². The molecule has 0 aliphatic carbocycles. The van der Waals surface area contributed by atoms with Crippen molar-refractivity contribution in [2.24, 2.45) is 5.92 Å². The van der Waals surface area contributed by atoms with E-state index < -0.39 is 0 Å². The molecule has 0 bridgehead atoms. The lowest BCUT2D eigenvalue weighted by Gasteiger charge is -2.40. The third-order valence-corrected chi connectivity index (χ3v) is 4.59. The maximum absolute atomic E-state index is 3.79. The topological polar surface area (TPSA) is 18.5 Å². The molecule has 0 saturated carbocycles. The van der Waals surface area contributed by atoms with Crippen molar-refractivity contribution >= 4 is 0 Å². The van der Waals surface area contributed by atoms with Crippen molar-refractivity contribution in [2.75, 3.05) is 40.3 Å². The number of hydrogen-bond acceptors (Lipinski definition) is 3. The van der Waals surface area contributed by atoms with Crippen LogP contribution in [0.25, 0.3) is 0 Å². The predicted octanol–water partition coefficient (Wildman–Crippen LogP) is 2.43. The molecule has 1 aliphatic rings. The quantitative estimate of drug-likeness (QED) is 0.730. The second-order valence-corrected chi connectivity index (χ2v) is 6.46. The minimum Gasteiger partial charge on any atom is -0.314 e. The van der Waals surface area contributed by atoms with Gasteiger partial charge < -0.3 is 15.1 Å². The van der Waals surface area contributed by atoms with Gasteiger partial charge in [-0.2, -0.15) is 0 Å². The summed E-state index contributed by atoms with van der Waals surface area (Å²) in [7, 11) is 4.54. The summed E-state index contributed by atoms with van der Waals surface area (Å²) in [5.41, 5.74) is 0. The normalized spacial score (nSPS) is 25.4. The lowest BCUT2D eigenvalue weighted by Crippen LogP contribution is -2.53. The van der Waals surface area contributed by atoms with Crippen LogP contribution >= 0.6 is 0 Å². The fourth-order valence-corrected chi connectivity index (χ4v) is 3.15. The molecule has 1 rings (SSSR count). The van der Waals surface area contributed by atoms with E-state index in [9.17, 15) is 0 Å². The molecular formula is C16H35N3. The summed E-state index contributed by atoms with van der Waals surface area (Å²) >= 11 is 0. The van der Waals surface area contributed by atoms with E-state index in [0.29, 0.717) is 12.1 Å². The van der Waals surface area contributed by atoms with E-state index in [1.807, 2.05) is 0 Å². The third-order valence-electron chi connectivity index (χ3n) is 4.59. The SMILES string of the molecule is CCCNC(CC1CN(C)CCN1C)C(C)CCC. The highest BCUT2D eigenvalue weighted by Crippen LogP contribution is 2.19. The van der Waals surface area contributed by atoms with Crippen LogP contribution in [0.1, 0.15) is 46.5 Å². The third kappa shape index (κ3) is 5.80. The molecule has 1 N–H and O–H groups in total. The van der Waals surface area contributed by atoms with Gasteiger partial charge in [0.2, 0.25) is 0 Å². The maximum Gasteiger partial charge on any atom is 0.0235 e. The molecule has 1 aliphatic heterocycles. The number of piperazine rings is 1. The Bertz CT molecular complexity index is 232. The molecule has 0 radical (unpaired) electrons. The highest BCUT2D eigenvalue weighted by atomic mass is 15.3. The molecule has 3 unspecified atom stereocenters. The number of rotatable bonds is 8. The number of nitrogens with one attached hydrogen (secondary N) is 1. The lowest BCUT2D eigenvalue weighted by molar-refractivity contribution is 0.0946. The standard InChI is InChI=1S/C16H35N3/c1-6-8-14(3)16(17-9-7-2)12-15-13-18(4)10-11-19(15)5/h14-17H,6-13H2,1-5H3. The number of nitrogens with zero attached hydrogens (tertiary/aromatic N) is 2. The van der Waals surface area contributed by atoms with Crippen LogP contribution in [0.4, 0.5) is 0 Å². The largest absolute Gasteiger partial charge is 0.314 e. The van der Waals surface area contributed by atoms with Crippen molar-refractivity contribution in [3.8, 4) is 0 Å². The smallest absolute Gasteiger partial charge is 0.0235 e. The second kappa shape index (κ2) is 8.93. The molecule has 3 heteroatoms. The van der Waals surface area contributed by atoms with Crippen molar-refractivity contribution < 1.29 is 0 Å². The molecule has 0 aromatic rings. The first kappa shape index (κ1) is 16.9. The Kier molecular flexibility index (Phi) is 7.96. The van der Waals surface area contributed by atoms with Crippen LogP contribution in [0, 0.1) is 5.92 Å². The van der Waals surface area contributed by atoms with Gasteiger partial charge in [-0.15, -0.1) is 0 Å². The summed E-state index contributed by atoms with van der Waals surface area (Å²) in [6.45, 7) is 11.8. The molecule has 114 valence electrons. The van der Waals surface area contributed by atoms with E-state index in [1.165, 1.54) is 45.3 Å². The van der Waals surface area contributed by atoms with Crippen LogP contribution in [0.3, 0.4) is 0 Å². The summed E-state index contributed by atoms with van der Waals surface area (Å²) in [5.74, 6) is 0.789.